The third-order valence-corrected chi connectivity index (χ3v) is 5.34. The molecule has 0 aromatic carbocycles. The van der Waals surface area contributed by atoms with Crippen LogP contribution in [0.3, 0.4) is 0 Å². The first kappa shape index (κ1) is 21.8. The van der Waals surface area contributed by atoms with Gasteiger partial charge in [0.1, 0.15) is 0 Å². The molecule has 0 aliphatic carbocycles. The molecule has 0 saturated carbocycles. The molecule has 7 heteroatoms. The summed E-state index contributed by atoms with van der Waals surface area (Å²) in [6.07, 6.45) is 2.36. The molecule has 25 heavy (non-hydrogen) atoms. The molecule has 0 atom stereocenters. The van der Waals surface area contributed by atoms with Crippen molar-refractivity contribution in [3.05, 3.63) is 23.7 Å². The third-order valence-electron chi connectivity index (χ3n) is 5.34. The van der Waals surface area contributed by atoms with Gasteiger partial charge in [-0.15, -0.1) is 24.0 Å². The Morgan fingerprint density at radius 1 is 1.28 bits per heavy atom. The quantitative estimate of drug-likeness (QED) is 0.306. The van der Waals surface area contributed by atoms with E-state index >= 15 is 0 Å². The van der Waals surface area contributed by atoms with Crippen molar-refractivity contribution in [2.45, 2.75) is 46.6 Å². The van der Waals surface area contributed by atoms with Crippen LogP contribution in [0.5, 0.6) is 0 Å². The number of nitrogens with zero attached hydrogens (tertiary/aromatic N) is 2. The zero-order chi connectivity index (χ0) is 18.0. The summed E-state index contributed by atoms with van der Waals surface area (Å²) in [6.45, 7) is 13.3. The van der Waals surface area contributed by atoms with Crippen LogP contribution < -0.4 is 10.6 Å². The Balaban J connectivity index is 0.00000312. The second kappa shape index (κ2) is 8.42. The van der Waals surface area contributed by atoms with E-state index in [1.165, 1.54) is 6.26 Å². The number of carbonyl (C=O) groups is 1. The van der Waals surface area contributed by atoms with Gasteiger partial charge in [0.05, 0.1) is 6.26 Å². The monoisotopic (exact) mass is 462 g/mol. The Bertz CT molecular complexity index is 622. The topological polar surface area (TPSA) is 69.9 Å². The average molecular weight is 462 g/mol. The summed E-state index contributed by atoms with van der Waals surface area (Å²) in [5.74, 6) is 1.16. The number of rotatable bonds is 5. The van der Waals surface area contributed by atoms with Crippen molar-refractivity contribution in [2.75, 3.05) is 26.7 Å². The fraction of sp³-hybridized carbons (Fsp3) is 0.667. The SMILES string of the molecule is CN=C(NCCCNC(=O)c1occc1C)N1CC(C)(C)C1(C)C.I. The molecule has 6 nitrogen and oxygen atoms in total. The van der Waals surface area contributed by atoms with Crippen LogP contribution in [0.4, 0.5) is 0 Å². The van der Waals surface area contributed by atoms with E-state index in [0.29, 0.717) is 12.3 Å². The van der Waals surface area contributed by atoms with E-state index < -0.39 is 0 Å². The Hall–Kier alpha value is -1.25. The number of hydrogen-bond donors (Lipinski definition) is 2. The molecule has 2 heterocycles. The highest BCUT2D eigenvalue weighted by Gasteiger charge is 2.53. The third kappa shape index (κ3) is 4.48. The van der Waals surface area contributed by atoms with Crippen molar-refractivity contribution < 1.29 is 9.21 Å². The van der Waals surface area contributed by atoms with Gasteiger partial charge >= 0.3 is 0 Å². The summed E-state index contributed by atoms with van der Waals surface area (Å²) in [7, 11) is 1.81. The maximum Gasteiger partial charge on any atom is 0.287 e. The van der Waals surface area contributed by atoms with Crippen molar-refractivity contribution in [1.82, 2.24) is 15.5 Å². The zero-order valence-corrected chi connectivity index (χ0v) is 18.4. The minimum Gasteiger partial charge on any atom is -0.459 e. The number of amides is 1. The van der Waals surface area contributed by atoms with Gasteiger partial charge < -0.3 is 20.0 Å². The molecule has 1 aromatic heterocycles. The van der Waals surface area contributed by atoms with Crippen molar-refractivity contribution in [3.63, 3.8) is 0 Å². The van der Waals surface area contributed by atoms with E-state index in [9.17, 15) is 4.79 Å². The van der Waals surface area contributed by atoms with Crippen LogP contribution in [-0.2, 0) is 0 Å². The Kier molecular flexibility index (Phi) is 7.34. The smallest absolute Gasteiger partial charge is 0.287 e. The lowest BCUT2D eigenvalue weighted by molar-refractivity contribution is -0.0667. The van der Waals surface area contributed by atoms with Gasteiger partial charge in [-0.05, 0) is 33.3 Å². The number of nitrogens with one attached hydrogen (secondary N) is 2. The highest BCUT2D eigenvalue weighted by atomic mass is 127. The van der Waals surface area contributed by atoms with Crippen molar-refractivity contribution in [1.29, 1.82) is 0 Å². The number of guanidine groups is 1. The van der Waals surface area contributed by atoms with E-state index in [2.05, 4.69) is 48.2 Å². The number of aliphatic imine (C=N–C) groups is 1. The van der Waals surface area contributed by atoms with Gasteiger partial charge in [0.25, 0.3) is 5.91 Å². The Morgan fingerprint density at radius 2 is 1.92 bits per heavy atom. The van der Waals surface area contributed by atoms with E-state index in [1.54, 1.807) is 6.07 Å². The standard InChI is InChI=1S/C18H30N4O2.HI/c1-13-8-11-24-14(13)15(23)20-9-7-10-21-16(19-6)22-12-17(2,3)18(22,4)5;/h8,11H,7,9-10,12H2,1-6H3,(H,19,21)(H,20,23);1H. The number of carbonyl (C=O) groups excluding carboxylic acids is 1. The molecule has 1 amide bonds. The molecule has 0 radical (unpaired) electrons. The fourth-order valence-electron chi connectivity index (χ4n) is 2.87. The highest BCUT2D eigenvalue weighted by Crippen LogP contribution is 2.46. The van der Waals surface area contributed by atoms with Crippen LogP contribution in [0.1, 0.15) is 50.2 Å². The highest BCUT2D eigenvalue weighted by molar-refractivity contribution is 14.0. The first-order valence-electron chi connectivity index (χ1n) is 8.51. The summed E-state index contributed by atoms with van der Waals surface area (Å²) >= 11 is 0. The first-order valence-corrected chi connectivity index (χ1v) is 8.51. The van der Waals surface area contributed by atoms with E-state index in [1.807, 2.05) is 14.0 Å². The van der Waals surface area contributed by atoms with Crippen molar-refractivity contribution in [3.8, 4) is 0 Å². The maximum atomic E-state index is 11.9. The van der Waals surface area contributed by atoms with Crippen molar-refractivity contribution >= 4 is 35.8 Å². The molecule has 1 aromatic rings. The molecule has 142 valence electrons. The van der Waals surface area contributed by atoms with Crippen LogP contribution in [-0.4, -0.2) is 49.0 Å². The summed E-state index contributed by atoms with van der Waals surface area (Å²) in [5, 5.41) is 6.26. The Labute approximate surface area is 167 Å². The first-order chi connectivity index (χ1) is 11.2. The number of halogens is 1. The molecule has 1 saturated heterocycles. The summed E-state index contributed by atoms with van der Waals surface area (Å²) < 4.78 is 5.18. The Morgan fingerprint density at radius 3 is 2.40 bits per heavy atom. The largest absolute Gasteiger partial charge is 0.459 e. The molecule has 2 N–H and O–H groups in total. The van der Waals surface area contributed by atoms with Gasteiger partial charge in [-0.3, -0.25) is 9.79 Å². The molecule has 2 rings (SSSR count). The number of furan rings is 1. The van der Waals surface area contributed by atoms with E-state index in [-0.39, 0.29) is 40.8 Å². The molecular formula is C18H31IN4O2. The van der Waals surface area contributed by atoms with Crippen LogP contribution in [0, 0.1) is 12.3 Å². The molecule has 0 bridgehead atoms. The van der Waals surface area contributed by atoms with E-state index in [4.69, 9.17) is 4.42 Å². The zero-order valence-electron chi connectivity index (χ0n) is 16.1. The predicted molar refractivity (Wildman–Crippen MR) is 112 cm³/mol. The number of hydrogen-bond acceptors (Lipinski definition) is 3. The lowest BCUT2D eigenvalue weighted by Gasteiger charge is -2.62. The van der Waals surface area contributed by atoms with Crippen molar-refractivity contribution in [2.24, 2.45) is 10.4 Å². The molecule has 0 spiro atoms. The molecule has 1 aliphatic rings. The van der Waals surface area contributed by atoms with Gasteiger partial charge in [0.15, 0.2) is 11.7 Å². The second-order valence-electron chi connectivity index (χ2n) is 7.55. The van der Waals surface area contributed by atoms with Gasteiger partial charge in [0.2, 0.25) is 0 Å². The molecular weight excluding hydrogens is 431 g/mol. The van der Waals surface area contributed by atoms with Gasteiger partial charge in [-0.1, -0.05) is 13.8 Å². The van der Waals surface area contributed by atoms with Gasteiger partial charge in [0, 0.05) is 43.2 Å². The second-order valence-corrected chi connectivity index (χ2v) is 7.55. The van der Waals surface area contributed by atoms with Crippen LogP contribution >= 0.6 is 24.0 Å². The minimum atomic E-state index is -0.160. The summed E-state index contributed by atoms with van der Waals surface area (Å²) in [4.78, 5) is 18.6. The van der Waals surface area contributed by atoms with Crippen LogP contribution in [0.2, 0.25) is 0 Å². The van der Waals surface area contributed by atoms with Crippen LogP contribution in [0.25, 0.3) is 0 Å². The number of likely N-dealkylation sites (tertiary alicyclic amines) is 1. The molecule has 0 unspecified atom stereocenters. The van der Waals surface area contributed by atoms with Crippen LogP contribution in [0.15, 0.2) is 21.7 Å². The van der Waals surface area contributed by atoms with Gasteiger partial charge in [-0.2, -0.15) is 0 Å². The average Bonchev–Trinajstić information content (AvgIpc) is 2.95. The fourth-order valence-corrected chi connectivity index (χ4v) is 2.87. The van der Waals surface area contributed by atoms with E-state index in [0.717, 1.165) is 31.0 Å². The lowest BCUT2D eigenvalue weighted by atomic mass is 9.65. The summed E-state index contributed by atoms with van der Waals surface area (Å²) in [6, 6.07) is 1.79. The maximum absolute atomic E-state index is 11.9. The summed E-state index contributed by atoms with van der Waals surface area (Å²) in [5.41, 5.74) is 1.22. The van der Waals surface area contributed by atoms with Gasteiger partial charge in [-0.25, -0.2) is 0 Å². The normalized spacial score (nSPS) is 18.2. The minimum absolute atomic E-state index is 0. The lowest BCUT2D eigenvalue weighted by Crippen LogP contribution is -2.72. The molecule has 1 aliphatic heterocycles. The number of aryl methyl sites for hydroxylation is 1. The predicted octanol–water partition coefficient (Wildman–Crippen LogP) is 3.02. The molecule has 1 fully saturated rings.